The second-order valence-corrected chi connectivity index (χ2v) is 20.5. The van der Waals surface area contributed by atoms with Crippen molar-refractivity contribution >= 4 is 63.2 Å². The fourth-order valence-corrected chi connectivity index (χ4v) is 11.4. The molecule has 3 N–H and O–H groups in total. The summed E-state index contributed by atoms with van der Waals surface area (Å²) in [6.07, 6.45) is 10.6. The third-order valence-corrected chi connectivity index (χ3v) is 15.8. The highest BCUT2D eigenvalue weighted by molar-refractivity contribution is 6.09. The number of piperidine rings is 2. The van der Waals surface area contributed by atoms with Crippen LogP contribution in [-0.2, 0) is 27.9 Å². The smallest absolute Gasteiger partial charge is 0.410 e. The summed E-state index contributed by atoms with van der Waals surface area (Å²) in [7, 11) is 1.66. The standard InChI is InChI=1S/C50H61FN16O6.C2H4/c1-5-15-67-47-38(44(52)55-28-56-47)40(58-67)41-37(43(73-60-41)30-6-7-30)45-53-25-31(26-54-45)29-10-16-64(17-11-29)49(71)72-27-36(69)63-18-12-32(13-19-63)50(2,3)65-23-21-62(22-24-65)34-9-8-33-42(39(34)51)61(4)59-46(33)66-20-14-35(68)57-48(66)70;1-2/h8-9,25-26,28-30,32H,5-7,10-24,27H2,1-4H3,(H2,52,55,56)(H,57,68,70);1-2H2. The van der Waals surface area contributed by atoms with Crippen LogP contribution in [0, 0.1) is 11.7 Å². The number of aryl methyl sites for hydroxylation is 2. The average molecular weight is 1030 g/mol. The molecule has 5 fully saturated rings. The minimum Gasteiger partial charge on any atom is -0.439 e. The Labute approximate surface area is 433 Å². The third kappa shape index (κ3) is 9.72. The number of rotatable bonds is 12. The van der Waals surface area contributed by atoms with E-state index in [4.69, 9.17) is 30.1 Å². The van der Waals surface area contributed by atoms with Crippen LogP contribution in [0.2, 0.25) is 0 Å². The zero-order valence-electron chi connectivity index (χ0n) is 43.1. The Kier molecular flexibility index (Phi) is 14.3. The summed E-state index contributed by atoms with van der Waals surface area (Å²) in [5, 5.41) is 17.3. The number of ether oxygens (including phenoxy) is 1. The van der Waals surface area contributed by atoms with E-state index in [-0.39, 0.29) is 48.8 Å². The largest absolute Gasteiger partial charge is 0.439 e. The lowest BCUT2D eigenvalue weighted by atomic mass is 9.78. The minimum atomic E-state index is -0.564. The van der Waals surface area contributed by atoms with Gasteiger partial charge in [0.1, 0.15) is 29.0 Å². The molecule has 22 nitrogen and oxygen atoms in total. The predicted molar refractivity (Wildman–Crippen MR) is 278 cm³/mol. The zero-order chi connectivity index (χ0) is 52.7. The van der Waals surface area contributed by atoms with Crippen LogP contribution in [0.15, 0.2) is 48.5 Å². The van der Waals surface area contributed by atoms with E-state index in [1.54, 1.807) is 29.0 Å². The van der Waals surface area contributed by atoms with Crippen molar-refractivity contribution in [1.29, 1.82) is 0 Å². The highest BCUT2D eigenvalue weighted by atomic mass is 19.1. The number of imide groups is 1. The summed E-state index contributed by atoms with van der Waals surface area (Å²) in [5.41, 5.74) is 10.4. The van der Waals surface area contributed by atoms with Gasteiger partial charge in [-0.1, -0.05) is 12.1 Å². The third-order valence-electron chi connectivity index (χ3n) is 15.8. The summed E-state index contributed by atoms with van der Waals surface area (Å²) in [4.78, 5) is 78.7. The van der Waals surface area contributed by atoms with E-state index in [2.05, 4.69) is 69.3 Å². The molecule has 1 aliphatic carbocycles. The second kappa shape index (κ2) is 21.0. The number of piperazine rings is 1. The maximum absolute atomic E-state index is 16.2. The Morgan fingerprint density at radius 1 is 0.880 bits per heavy atom. The van der Waals surface area contributed by atoms with E-state index in [1.165, 1.54) is 15.9 Å². The van der Waals surface area contributed by atoms with Gasteiger partial charge in [-0.3, -0.25) is 29.4 Å². The Bertz CT molecular complexity index is 3110. The first kappa shape index (κ1) is 50.9. The molecule has 0 radical (unpaired) electrons. The summed E-state index contributed by atoms with van der Waals surface area (Å²) in [6.45, 7) is 17.9. The van der Waals surface area contributed by atoms with Gasteiger partial charge in [0.2, 0.25) is 5.91 Å². The van der Waals surface area contributed by atoms with Gasteiger partial charge >= 0.3 is 12.1 Å². The van der Waals surface area contributed by atoms with Crippen LogP contribution in [0.3, 0.4) is 0 Å². The van der Waals surface area contributed by atoms with Gasteiger partial charge in [0.25, 0.3) is 5.91 Å². The molecule has 0 spiro atoms. The van der Waals surface area contributed by atoms with Gasteiger partial charge < -0.3 is 29.7 Å². The van der Waals surface area contributed by atoms with E-state index >= 15 is 4.39 Å². The maximum Gasteiger partial charge on any atom is 0.410 e. The van der Waals surface area contributed by atoms with Gasteiger partial charge in [-0.25, -0.2) is 38.6 Å². The van der Waals surface area contributed by atoms with Crippen molar-refractivity contribution in [1.82, 2.24) is 64.7 Å². The van der Waals surface area contributed by atoms with Crippen LogP contribution in [0.5, 0.6) is 0 Å². The van der Waals surface area contributed by atoms with E-state index in [0.717, 1.165) is 56.5 Å². The number of carbonyl (C=O) groups is 4. The predicted octanol–water partition coefficient (Wildman–Crippen LogP) is 6.24. The number of anilines is 3. The number of hydrogen-bond donors (Lipinski definition) is 2. The lowest BCUT2D eigenvalue weighted by molar-refractivity contribution is -0.136. The van der Waals surface area contributed by atoms with Crippen LogP contribution >= 0.6 is 0 Å². The Morgan fingerprint density at radius 2 is 1.59 bits per heavy atom. The summed E-state index contributed by atoms with van der Waals surface area (Å²) in [6, 6.07) is 2.99. The quantitative estimate of drug-likeness (QED) is 0.129. The number of aromatic nitrogens is 9. The van der Waals surface area contributed by atoms with Crippen LogP contribution in [0.25, 0.3) is 44.7 Å². The number of nitrogens with zero attached hydrogens (tertiary/aromatic N) is 14. The zero-order valence-corrected chi connectivity index (χ0v) is 43.1. The van der Waals surface area contributed by atoms with Crippen LogP contribution < -0.4 is 20.9 Å². The molecule has 9 heterocycles. The maximum atomic E-state index is 16.2. The Balaban J connectivity index is 0.00000317. The first-order chi connectivity index (χ1) is 36.3. The fourth-order valence-electron chi connectivity index (χ4n) is 11.4. The molecule has 75 heavy (non-hydrogen) atoms. The number of amides is 5. The molecular weight excluding hydrogens is 964 g/mol. The molecule has 4 saturated heterocycles. The normalized spacial score (nSPS) is 18.4. The summed E-state index contributed by atoms with van der Waals surface area (Å²) < 4.78 is 31.1. The number of nitrogen functional groups attached to an aromatic ring is 1. The summed E-state index contributed by atoms with van der Waals surface area (Å²) in [5.74, 6) is 1.62. The molecule has 11 rings (SSSR count). The number of nitrogens with two attached hydrogens (primary N) is 1. The first-order valence-electron chi connectivity index (χ1n) is 26.0. The number of benzene rings is 1. The first-order valence-corrected chi connectivity index (χ1v) is 26.0. The number of nitrogens with one attached hydrogen (secondary N) is 1. The Hall–Kier alpha value is -7.56. The molecule has 1 saturated carbocycles. The van der Waals surface area contributed by atoms with Crippen LogP contribution in [0.4, 0.5) is 31.3 Å². The Morgan fingerprint density at radius 3 is 2.27 bits per heavy atom. The number of likely N-dealkylation sites (tertiary alicyclic amines) is 2. The molecule has 4 aliphatic heterocycles. The van der Waals surface area contributed by atoms with Gasteiger partial charge in [-0.15, -0.1) is 13.2 Å². The lowest BCUT2D eigenvalue weighted by Crippen LogP contribution is -2.59. The topological polar surface area (TPSA) is 245 Å². The highest BCUT2D eigenvalue weighted by Gasteiger charge is 2.41. The molecule has 6 aromatic rings. The van der Waals surface area contributed by atoms with Crippen molar-refractivity contribution in [2.24, 2.45) is 13.0 Å². The molecule has 0 unspecified atom stereocenters. The van der Waals surface area contributed by atoms with Crippen molar-refractivity contribution in [3.8, 4) is 22.8 Å². The molecule has 23 heteroatoms. The number of halogens is 1. The van der Waals surface area contributed by atoms with Gasteiger partial charge in [-0.2, -0.15) is 10.2 Å². The van der Waals surface area contributed by atoms with E-state index < -0.39 is 17.9 Å². The number of carbonyl (C=O) groups excluding carboxylic acids is 4. The molecule has 396 valence electrons. The van der Waals surface area contributed by atoms with E-state index in [0.29, 0.717) is 127 Å². The molecule has 0 bridgehead atoms. The molecule has 1 aromatic carbocycles. The number of urea groups is 1. The van der Waals surface area contributed by atoms with Crippen molar-refractivity contribution in [3.63, 3.8) is 0 Å². The monoisotopic (exact) mass is 1030 g/mol. The minimum absolute atomic E-state index is 0.136. The molecular formula is C52H65FN16O6. The second-order valence-electron chi connectivity index (χ2n) is 20.5. The van der Waals surface area contributed by atoms with Crippen molar-refractivity contribution in [2.75, 3.05) is 81.0 Å². The molecule has 5 amide bonds. The van der Waals surface area contributed by atoms with Gasteiger partial charge in [-0.05, 0) is 88.3 Å². The highest BCUT2D eigenvalue weighted by Crippen LogP contribution is 2.48. The van der Waals surface area contributed by atoms with Crippen LogP contribution in [-0.4, -0.2) is 154 Å². The molecule has 0 atom stereocenters. The van der Waals surface area contributed by atoms with E-state index in [9.17, 15) is 19.2 Å². The molecule has 5 aromatic heterocycles. The van der Waals surface area contributed by atoms with Gasteiger partial charge in [0, 0.05) is 108 Å². The fraction of sp³-hybridized carbons (Fsp3) is 0.519. The van der Waals surface area contributed by atoms with Crippen molar-refractivity contribution < 1.29 is 32.8 Å². The van der Waals surface area contributed by atoms with Crippen molar-refractivity contribution in [2.45, 2.75) is 96.1 Å². The molecule has 5 aliphatic rings. The average Bonchev–Trinajstić information content (AvgIpc) is 3.97. The van der Waals surface area contributed by atoms with Gasteiger partial charge in [0.05, 0.1) is 16.6 Å². The van der Waals surface area contributed by atoms with Gasteiger partial charge in [0.15, 0.2) is 35.5 Å². The number of hydrogen-bond acceptors (Lipinski definition) is 16. The number of fused-ring (bicyclic) bond motifs is 2. The van der Waals surface area contributed by atoms with E-state index in [1.807, 2.05) is 17.1 Å². The summed E-state index contributed by atoms with van der Waals surface area (Å²) >= 11 is 0. The lowest BCUT2D eigenvalue weighted by Gasteiger charge is -2.50. The SMILES string of the molecule is C=C.CCCn1nc(-c2noc(C3CC3)c2-c2ncc(C3CCN(C(=O)OCC(=O)N4CCC(C(C)(C)N5CCN(c6ccc7c(N8CCC(=O)NC8=O)nn(C)c7c6F)CC5)CC4)CC3)cn2)c2c(N)ncnc21. The van der Waals surface area contributed by atoms with Crippen LogP contribution in [0.1, 0.15) is 95.3 Å². The van der Waals surface area contributed by atoms with Crippen molar-refractivity contribution in [3.05, 3.63) is 61.2 Å².